The summed E-state index contributed by atoms with van der Waals surface area (Å²) in [5.74, 6) is 0. The van der Waals surface area contributed by atoms with Crippen molar-refractivity contribution in [2.24, 2.45) is 0 Å². The van der Waals surface area contributed by atoms with E-state index in [2.05, 4.69) is 6.55 Å². The van der Waals surface area contributed by atoms with Crippen molar-refractivity contribution in [3.63, 3.8) is 0 Å². The van der Waals surface area contributed by atoms with Gasteiger partial charge >= 0.3 is 8.56 Å². The molecule has 0 fully saturated rings. The van der Waals surface area contributed by atoms with E-state index in [9.17, 15) is 0 Å². The van der Waals surface area contributed by atoms with Crippen molar-refractivity contribution in [1.29, 1.82) is 0 Å². The van der Waals surface area contributed by atoms with Gasteiger partial charge in [-0.05, 0) is 32.4 Å². The van der Waals surface area contributed by atoms with Crippen LogP contribution in [0.25, 0.3) is 0 Å². The molecule has 3 nitrogen and oxygen atoms in total. The Hall–Kier alpha value is 0.447. The van der Waals surface area contributed by atoms with E-state index in [0.29, 0.717) is 6.61 Å². The van der Waals surface area contributed by atoms with E-state index in [0.717, 1.165) is 19.3 Å². The molecule has 0 aliphatic carbocycles. The van der Waals surface area contributed by atoms with Crippen LogP contribution in [-0.4, -0.2) is 34.6 Å². The van der Waals surface area contributed by atoms with Gasteiger partial charge in [0.15, 0.2) is 0 Å². The normalized spacial score (nSPS) is 12.0. The van der Waals surface area contributed by atoms with Gasteiger partial charge in [0, 0.05) is 25.5 Å². The predicted molar refractivity (Wildman–Crippen MR) is 59.1 cm³/mol. The van der Waals surface area contributed by atoms with E-state index in [-0.39, 0.29) is 0 Å². The third kappa shape index (κ3) is 6.51. The fraction of sp³-hybridized carbons (Fsp3) is 1.00. The molecule has 0 aromatic heterocycles. The average Bonchev–Trinajstić information content (AvgIpc) is 2.05. The van der Waals surface area contributed by atoms with E-state index in [1.165, 1.54) is 12.0 Å². The van der Waals surface area contributed by atoms with Crippen molar-refractivity contribution in [1.82, 2.24) is 0 Å². The van der Waals surface area contributed by atoms with Gasteiger partial charge in [-0.1, -0.05) is 0 Å². The fourth-order valence-corrected chi connectivity index (χ4v) is 3.57. The zero-order valence-corrected chi connectivity index (χ0v) is 10.8. The molecule has 0 saturated carbocycles. The maximum atomic E-state index is 5.64. The highest BCUT2D eigenvalue weighted by atomic mass is 32.2. The van der Waals surface area contributed by atoms with Gasteiger partial charge in [-0.15, -0.1) is 0 Å². The van der Waals surface area contributed by atoms with Gasteiger partial charge in [-0.2, -0.15) is 0 Å². The van der Waals surface area contributed by atoms with Crippen LogP contribution in [0.5, 0.6) is 0 Å². The van der Waals surface area contributed by atoms with Gasteiger partial charge in [-0.3, -0.25) is 0 Å². The summed E-state index contributed by atoms with van der Waals surface area (Å²) in [7, 11) is -1.92. The molecule has 80 valence electrons. The minimum atomic E-state index is -1.92. The molecule has 0 saturated heterocycles. The van der Waals surface area contributed by atoms with Gasteiger partial charge < -0.3 is 13.0 Å². The van der Waals surface area contributed by atoms with E-state index < -0.39 is 8.56 Å². The highest BCUT2D eigenvalue weighted by Gasteiger charge is 2.30. The van der Waals surface area contributed by atoms with Crippen LogP contribution in [0.2, 0.25) is 12.6 Å². The molecule has 0 rings (SSSR count). The Labute approximate surface area is 86.6 Å². The zero-order chi connectivity index (χ0) is 10.2. The largest absolute Gasteiger partial charge is 0.395 e. The summed E-state index contributed by atoms with van der Waals surface area (Å²) >= 11 is 1.39. The van der Waals surface area contributed by atoms with Crippen LogP contribution in [0.1, 0.15) is 13.8 Å². The molecule has 0 aromatic carbocycles. The Kier molecular flexibility index (Phi) is 8.08. The third-order valence-corrected chi connectivity index (χ3v) is 4.97. The molecular formula is C8H20O3SSi. The maximum Gasteiger partial charge on any atom is 0.337 e. The van der Waals surface area contributed by atoms with Gasteiger partial charge in [-0.25, -0.2) is 0 Å². The number of hydrogen-bond donors (Lipinski definition) is 0. The quantitative estimate of drug-likeness (QED) is 0.359. The number of hydrogen-bond acceptors (Lipinski definition) is 4. The second kappa shape index (κ2) is 7.81. The van der Waals surface area contributed by atoms with E-state index >= 15 is 0 Å². The summed E-state index contributed by atoms with van der Waals surface area (Å²) in [6.45, 7) is 8.25. The van der Waals surface area contributed by atoms with Crippen molar-refractivity contribution < 1.29 is 13.0 Å². The highest BCUT2D eigenvalue weighted by molar-refractivity contribution is 7.93. The Bertz CT molecular complexity index is 118. The van der Waals surface area contributed by atoms with Gasteiger partial charge in [0.2, 0.25) is 0 Å². The molecular weight excluding hydrogens is 204 g/mol. The van der Waals surface area contributed by atoms with Gasteiger partial charge in [0.05, 0.1) is 6.61 Å². The number of rotatable bonds is 8. The summed E-state index contributed by atoms with van der Waals surface area (Å²) in [6.07, 6.45) is 1.92. The van der Waals surface area contributed by atoms with Crippen LogP contribution in [0.3, 0.4) is 0 Å². The molecule has 0 aliphatic rings. The Balaban J connectivity index is 3.76. The summed E-state index contributed by atoms with van der Waals surface area (Å²) in [4.78, 5) is 0. The highest BCUT2D eigenvalue weighted by Crippen LogP contribution is 2.14. The van der Waals surface area contributed by atoms with Crippen molar-refractivity contribution in [3.8, 4) is 0 Å². The van der Waals surface area contributed by atoms with Crippen LogP contribution in [0.15, 0.2) is 0 Å². The Morgan fingerprint density at radius 2 is 1.69 bits per heavy atom. The summed E-state index contributed by atoms with van der Waals surface area (Å²) in [6, 6.07) is 0.898. The molecule has 0 aliphatic heterocycles. The molecule has 0 N–H and O–H groups in total. The molecule has 0 spiro atoms. The zero-order valence-electron chi connectivity index (χ0n) is 8.96. The molecule has 0 bridgehead atoms. The minimum absolute atomic E-state index is 0.712. The lowest BCUT2D eigenvalue weighted by atomic mass is 10.9. The first-order chi connectivity index (χ1) is 6.18. The van der Waals surface area contributed by atoms with Crippen molar-refractivity contribution in [2.45, 2.75) is 26.4 Å². The lowest BCUT2D eigenvalue weighted by molar-refractivity contribution is 0.183. The second-order valence-corrected chi connectivity index (χ2v) is 6.65. The molecule has 0 heterocycles. The monoisotopic (exact) mass is 224 g/mol. The molecule has 0 amide bonds. The van der Waals surface area contributed by atoms with Crippen LogP contribution < -0.4 is 0 Å². The summed E-state index contributed by atoms with van der Waals surface area (Å²) < 4.78 is 16.5. The van der Waals surface area contributed by atoms with E-state index in [1.807, 2.05) is 20.1 Å². The fourth-order valence-electron chi connectivity index (χ4n) is 1.11. The molecule has 0 atom stereocenters. The lowest BCUT2D eigenvalue weighted by Crippen LogP contribution is -2.39. The van der Waals surface area contributed by atoms with Crippen LogP contribution >= 0.6 is 12.0 Å². The molecule has 5 heteroatoms. The average molecular weight is 224 g/mol. The van der Waals surface area contributed by atoms with Crippen LogP contribution in [-0.2, 0) is 13.0 Å². The molecule has 0 aromatic rings. The van der Waals surface area contributed by atoms with Crippen molar-refractivity contribution in [2.75, 3.05) is 26.1 Å². The Morgan fingerprint density at radius 3 is 2.08 bits per heavy atom. The SMILES string of the molecule is CCO[Si](C)(CCOSC)OCC. The standard InChI is InChI=1S/C8H20O3SSi/c1-5-10-13(4,11-6-2)8-7-9-12-3/h5-8H2,1-4H3. The van der Waals surface area contributed by atoms with Crippen molar-refractivity contribution >= 4 is 20.6 Å². The smallest absolute Gasteiger partial charge is 0.337 e. The Morgan fingerprint density at radius 1 is 1.15 bits per heavy atom. The lowest BCUT2D eigenvalue weighted by Gasteiger charge is -2.25. The molecule has 0 radical (unpaired) electrons. The summed E-state index contributed by atoms with van der Waals surface area (Å²) in [5.41, 5.74) is 0. The van der Waals surface area contributed by atoms with E-state index in [4.69, 9.17) is 13.0 Å². The van der Waals surface area contributed by atoms with Crippen LogP contribution in [0.4, 0.5) is 0 Å². The van der Waals surface area contributed by atoms with Crippen molar-refractivity contribution in [3.05, 3.63) is 0 Å². The second-order valence-electron chi connectivity index (χ2n) is 2.74. The van der Waals surface area contributed by atoms with Crippen LogP contribution in [0, 0.1) is 0 Å². The summed E-state index contributed by atoms with van der Waals surface area (Å²) in [5, 5.41) is 0. The van der Waals surface area contributed by atoms with Gasteiger partial charge in [0.25, 0.3) is 0 Å². The first-order valence-corrected chi connectivity index (χ1v) is 8.29. The first-order valence-electron chi connectivity index (χ1n) is 4.62. The predicted octanol–water partition coefficient (Wildman–Crippen LogP) is 2.43. The maximum absolute atomic E-state index is 5.64. The topological polar surface area (TPSA) is 27.7 Å². The molecule has 13 heavy (non-hydrogen) atoms. The third-order valence-electron chi connectivity index (χ3n) is 1.66. The minimum Gasteiger partial charge on any atom is -0.395 e. The van der Waals surface area contributed by atoms with E-state index in [1.54, 1.807) is 0 Å². The van der Waals surface area contributed by atoms with Gasteiger partial charge in [0.1, 0.15) is 0 Å². The molecule has 0 unspecified atom stereocenters. The first kappa shape index (κ1) is 13.4.